The fraction of sp³-hybridized carbons (Fsp3) is 0.757. The second kappa shape index (κ2) is 14.8. The van der Waals surface area contributed by atoms with E-state index in [0.717, 1.165) is 50.7 Å². The molecule has 3 saturated carbocycles. The van der Waals surface area contributed by atoms with Gasteiger partial charge in [0.05, 0.1) is 19.1 Å². The van der Waals surface area contributed by atoms with Gasteiger partial charge in [0.15, 0.2) is 5.78 Å². The summed E-state index contributed by atoms with van der Waals surface area (Å²) >= 11 is 0. The lowest BCUT2D eigenvalue weighted by Crippen LogP contribution is -2.51. The van der Waals surface area contributed by atoms with E-state index in [4.69, 9.17) is 19.6 Å². The number of aliphatic hydroxyl groups is 1. The summed E-state index contributed by atoms with van der Waals surface area (Å²) in [7, 11) is 0. The Hall–Kier alpha value is -2.05. The third-order valence-corrected chi connectivity index (χ3v) is 11.7. The number of nitrogens with zero attached hydrogens (tertiary/aromatic N) is 1. The number of ether oxygens (including phenoxy) is 2. The quantitative estimate of drug-likeness (QED) is 0.201. The van der Waals surface area contributed by atoms with Gasteiger partial charge in [0.1, 0.15) is 11.8 Å². The zero-order valence-electron chi connectivity index (χ0n) is 27.0. The van der Waals surface area contributed by atoms with Crippen molar-refractivity contribution in [2.45, 2.75) is 104 Å². The highest BCUT2D eigenvalue weighted by atomic mass is 16.5. The Morgan fingerprint density at radius 2 is 1.91 bits per heavy atom. The minimum absolute atomic E-state index is 0.000690. The average molecular weight is 594 g/mol. The molecule has 0 aromatic carbocycles. The molecular formula is C37H55NO5. The van der Waals surface area contributed by atoms with E-state index in [2.05, 4.69) is 45.1 Å². The first-order valence-corrected chi connectivity index (χ1v) is 17.4. The Balaban J connectivity index is 1.26. The molecule has 0 aromatic heterocycles. The number of fused-ring (bicyclic) bond motifs is 4. The second-order valence-corrected chi connectivity index (χ2v) is 14.3. The molecule has 0 saturated heterocycles. The fourth-order valence-corrected chi connectivity index (χ4v) is 9.28. The number of aliphatic imine (C=N–C) groups is 1. The van der Waals surface area contributed by atoms with Gasteiger partial charge >= 0.3 is 5.97 Å². The van der Waals surface area contributed by atoms with Crippen molar-refractivity contribution in [3.05, 3.63) is 35.6 Å². The molecule has 1 N–H and O–H groups in total. The van der Waals surface area contributed by atoms with Crippen molar-refractivity contribution in [3.63, 3.8) is 0 Å². The van der Waals surface area contributed by atoms with E-state index in [9.17, 15) is 9.59 Å². The molecule has 4 aliphatic carbocycles. The van der Waals surface area contributed by atoms with Crippen LogP contribution in [0.3, 0.4) is 0 Å². The minimum atomic E-state index is -0.167. The van der Waals surface area contributed by atoms with Crippen molar-refractivity contribution in [3.8, 4) is 0 Å². The van der Waals surface area contributed by atoms with Crippen molar-refractivity contribution in [2.24, 2.45) is 58.3 Å². The van der Waals surface area contributed by atoms with Gasteiger partial charge in [0.25, 0.3) is 0 Å². The van der Waals surface area contributed by atoms with Gasteiger partial charge in [-0.2, -0.15) is 0 Å². The summed E-state index contributed by atoms with van der Waals surface area (Å²) in [6.07, 6.45) is 19.7. The van der Waals surface area contributed by atoms with E-state index in [1.165, 1.54) is 24.8 Å². The minimum Gasteiger partial charge on any atom is -0.462 e. The van der Waals surface area contributed by atoms with Gasteiger partial charge in [-0.25, -0.2) is 4.99 Å². The van der Waals surface area contributed by atoms with Gasteiger partial charge in [0.2, 0.25) is 0 Å². The lowest BCUT2D eigenvalue weighted by Gasteiger charge is -2.54. The van der Waals surface area contributed by atoms with Crippen molar-refractivity contribution in [2.75, 3.05) is 19.8 Å². The first-order chi connectivity index (χ1) is 20.8. The van der Waals surface area contributed by atoms with Gasteiger partial charge in [-0.05, 0) is 106 Å². The van der Waals surface area contributed by atoms with Gasteiger partial charge < -0.3 is 14.6 Å². The zero-order valence-corrected chi connectivity index (χ0v) is 27.0. The summed E-state index contributed by atoms with van der Waals surface area (Å²) in [6.45, 7) is 9.50. The molecule has 43 heavy (non-hydrogen) atoms. The number of Topliss-reactive ketones (excluding diaryl/α,β-unsaturated/α-hetero) is 1. The molecule has 0 amide bonds. The first kappa shape index (κ1) is 32.3. The normalized spacial score (nSPS) is 35.1. The monoisotopic (exact) mass is 593 g/mol. The summed E-state index contributed by atoms with van der Waals surface area (Å²) < 4.78 is 11.9. The van der Waals surface area contributed by atoms with Crippen molar-refractivity contribution in [1.82, 2.24) is 0 Å². The Morgan fingerprint density at radius 1 is 1.07 bits per heavy atom. The SMILES string of the molecule is CCC(CCOCCO)C(=O)O[C@@H]1CC2CC(C(C)C(=O)C3=CCCC4C=C(C)C=CC4=N3)CCC2C2C(C)CCCC21. The lowest BCUT2D eigenvalue weighted by atomic mass is 9.52. The smallest absolute Gasteiger partial charge is 0.309 e. The van der Waals surface area contributed by atoms with Gasteiger partial charge in [0, 0.05) is 24.2 Å². The molecule has 6 heteroatoms. The number of hydrogen-bond donors (Lipinski definition) is 1. The third-order valence-electron chi connectivity index (χ3n) is 11.7. The molecule has 6 nitrogen and oxygen atoms in total. The summed E-state index contributed by atoms with van der Waals surface area (Å²) in [6, 6.07) is 0. The second-order valence-electron chi connectivity index (χ2n) is 14.3. The molecule has 9 unspecified atom stereocenters. The van der Waals surface area contributed by atoms with Gasteiger partial charge in [-0.3, -0.25) is 9.59 Å². The van der Waals surface area contributed by atoms with Crippen LogP contribution in [0.25, 0.3) is 0 Å². The van der Waals surface area contributed by atoms with Crippen LogP contribution in [-0.2, 0) is 19.1 Å². The standard InChI is InChI=1S/C37H55NO5/c1-5-26(16-18-42-19-17-39)37(41)43-34-22-29-21-27(13-14-30(29)35-24(3)8-6-10-31(34)35)25(4)36(40)33-11-7-9-28-20-23(2)12-15-32(28)38-33/h11-12,15,20,24-31,34-35,39H,5-10,13-14,16-19,21-22H2,1-4H3/t24?,25?,26?,27?,28?,29?,30?,31?,34-,35?/m1/s1. The van der Waals surface area contributed by atoms with Crippen molar-refractivity contribution >= 4 is 17.5 Å². The number of rotatable bonds is 11. The maximum Gasteiger partial charge on any atom is 0.309 e. The van der Waals surface area contributed by atoms with Gasteiger partial charge in [-0.15, -0.1) is 0 Å². The highest BCUT2D eigenvalue weighted by Gasteiger charge is 2.51. The highest BCUT2D eigenvalue weighted by molar-refractivity contribution is 6.05. The van der Waals surface area contributed by atoms with E-state index in [1.54, 1.807) is 0 Å². The van der Waals surface area contributed by atoms with Crippen LogP contribution in [0.15, 0.2) is 40.6 Å². The number of aliphatic hydroxyl groups excluding tert-OH is 1. The summed E-state index contributed by atoms with van der Waals surface area (Å²) in [5, 5.41) is 9.00. The number of carbonyl (C=O) groups excluding carboxylic acids is 2. The fourth-order valence-electron chi connectivity index (χ4n) is 9.28. The van der Waals surface area contributed by atoms with Crippen LogP contribution in [0, 0.1) is 53.3 Å². The molecule has 10 atom stereocenters. The van der Waals surface area contributed by atoms with E-state index >= 15 is 0 Å². The topological polar surface area (TPSA) is 85.2 Å². The number of allylic oxidation sites excluding steroid dienone is 6. The van der Waals surface area contributed by atoms with Crippen LogP contribution in [0.2, 0.25) is 0 Å². The highest BCUT2D eigenvalue weighted by Crippen LogP contribution is 2.56. The van der Waals surface area contributed by atoms with Crippen LogP contribution >= 0.6 is 0 Å². The van der Waals surface area contributed by atoms with Crippen LogP contribution < -0.4 is 0 Å². The third kappa shape index (κ3) is 7.44. The molecule has 5 aliphatic rings. The molecule has 238 valence electrons. The summed E-state index contributed by atoms with van der Waals surface area (Å²) in [5.74, 6) is 3.43. The van der Waals surface area contributed by atoms with E-state index in [1.807, 2.05) is 6.92 Å². The molecule has 0 aromatic rings. The maximum atomic E-state index is 13.9. The Bertz CT molecular complexity index is 1120. The lowest BCUT2D eigenvalue weighted by molar-refractivity contribution is -0.171. The predicted octanol–water partition coefficient (Wildman–Crippen LogP) is 7.27. The molecule has 0 bridgehead atoms. The van der Waals surface area contributed by atoms with Crippen molar-refractivity contribution < 1.29 is 24.2 Å². The van der Waals surface area contributed by atoms with Crippen LogP contribution in [0.5, 0.6) is 0 Å². The molecule has 0 radical (unpaired) electrons. The largest absolute Gasteiger partial charge is 0.462 e. The Kier molecular flexibility index (Phi) is 11.1. The van der Waals surface area contributed by atoms with Crippen LogP contribution in [-0.4, -0.2) is 48.5 Å². The molecule has 3 fully saturated rings. The van der Waals surface area contributed by atoms with Crippen LogP contribution in [0.4, 0.5) is 0 Å². The maximum absolute atomic E-state index is 13.9. The molecule has 0 spiro atoms. The number of esters is 1. The zero-order chi connectivity index (χ0) is 30.5. The molecule has 5 rings (SSSR count). The van der Waals surface area contributed by atoms with Crippen molar-refractivity contribution in [1.29, 1.82) is 0 Å². The average Bonchev–Trinajstić information content (AvgIpc) is 3.22. The number of ketones is 1. The Morgan fingerprint density at radius 3 is 2.70 bits per heavy atom. The van der Waals surface area contributed by atoms with Crippen LogP contribution in [0.1, 0.15) is 98.3 Å². The molecule has 1 heterocycles. The number of hydrogen-bond acceptors (Lipinski definition) is 6. The van der Waals surface area contributed by atoms with E-state index < -0.39 is 0 Å². The number of carbonyl (C=O) groups is 2. The Labute approximate surface area is 259 Å². The first-order valence-electron chi connectivity index (χ1n) is 17.4. The van der Waals surface area contributed by atoms with Gasteiger partial charge in [-0.1, -0.05) is 57.4 Å². The molecule has 1 aliphatic heterocycles. The predicted molar refractivity (Wildman–Crippen MR) is 170 cm³/mol. The summed E-state index contributed by atoms with van der Waals surface area (Å²) in [5.41, 5.74) is 2.96. The summed E-state index contributed by atoms with van der Waals surface area (Å²) in [4.78, 5) is 32.2. The van der Waals surface area contributed by atoms with E-state index in [-0.39, 0.29) is 36.3 Å². The molecular weight excluding hydrogens is 538 g/mol. The van der Waals surface area contributed by atoms with E-state index in [0.29, 0.717) is 66.8 Å².